The van der Waals surface area contributed by atoms with E-state index in [1.807, 2.05) is 41.4 Å². The molecular formula is C10H10S4. The highest BCUT2D eigenvalue weighted by Gasteiger charge is 2.20. The second-order valence-corrected chi connectivity index (χ2v) is 8.14. The molecule has 14 heavy (non-hydrogen) atoms. The topological polar surface area (TPSA) is 0 Å². The Hall–Kier alpha value is 0.100. The third kappa shape index (κ3) is 1.03. The molecule has 0 amide bonds. The zero-order chi connectivity index (χ0) is 9.87. The van der Waals surface area contributed by atoms with E-state index in [-0.39, 0.29) is 0 Å². The summed E-state index contributed by atoms with van der Waals surface area (Å²) in [6, 6.07) is 0. The van der Waals surface area contributed by atoms with Crippen molar-refractivity contribution in [3.63, 3.8) is 0 Å². The molecule has 2 heterocycles. The summed E-state index contributed by atoms with van der Waals surface area (Å²) in [5, 5.41) is 0. The maximum Gasteiger partial charge on any atom is 0.0610 e. The van der Waals surface area contributed by atoms with Gasteiger partial charge < -0.3 is 0 Å². The summed E-state index contributed by atoms with van der Waals surface area (Å²) in [7, 11) is 7.78. The first-order valence-electron chi connectivity index (χ1n) is 4.59. The van der Waals surface area contributed by atoms with E-state index in [9.17, 15) is 0 Å². The maximum absolute atomic E-state index is 2.30. The molecule has 0 unspecified atom stereocenters. The van der Waals surface area contributed by atoms with E-state index in [0.29, 0.717) is 5.92 Å². The Morgan fingerprint density at radius 1 is 0.786 bits per heavy atom. The molecule has 74 valence electrons. The van der Waals surface area contributed by atoms with Crippen LogP contribution in [0.1, 0.15) is 30.9 Å². The van der Waals surface area contributed by atoms with Crippen molar-refractivity contribution in [1.82, 2.24) is 0 Å². The lowest BCUT2D eigenvalue weighted by Gasteiger charge is -2.17. The first-order valence-corrected chi connectivity index (χ1v) is 8.89. The number of fused-ring (bicyclic) bond motifs is 2. The van der Waals surface area contributed by atoms with Crippen LogP contribution in [0.3, 0.4) is 0 Å². The highest BCUT2D eigenvalue weighted by molar-refractivity contribution is 7.80. The zero-order valence-electron chi connectivity index (χ0n) is 8.21. The lowest BCUT2D eigenvalue weighted by molar-refractivity contribution is 0.888. The predicted molar refractivity (Wildman–Crippen MR) is 71.8 cm³/mol. The molecule has 0 atom stereocenters. The van der Waals surface area contributed by atoms with Crippen LogP contribution in [-0.4, -0.2) is 0 Å². The van der Waals surface area contributed by atoms with Crippen molar-refractivity contribution < 1.29 is 0 Å². The molecule has 3 rings (SSSR count). The van der Waals surface area contributed by atoms with Crippen LogP contribution < -0.4 is 0 Å². The second kappa shape index (κ2) is 3.04. The van der Waals surface area contributed by atoms with Gasteiger partial charge in [0.05, 0.1) is 18.8 Å². The zero-order valence-corrected chi connectivity index (χ0v) is 11.5. The SMILES string of the molecule is Cc1c2ssc2c(C(C)C)c2ssc12. The summed E-state index contributed by atoms with van der Waals surface area (Å²) in [5.41, 5.74) is 3.12. The molecular weight excluding hydrogens is 248 g/mol. The van der Waals surface area contributed by atoms with Gasteiger partial charge in [-0.1, -0.05) is 55.2 Å². The summed E-state index contributed by atoms with van der Waals surface area (Å²) >= 11 is 0. The van der Waals surface area contributed by atoms with Crippen molar-refractivity contribution in [2.45, 2.75) is 26.7 Å². The van der Waals surface area contributed by atoms with Gasteiger partial charge in [0.2, 0.25) is 0 Å². The summed E-state index contributed by atoms with van der Waals surface area (Å²) in [6.45, 7) is 6.87. The molecule has 2 aromatic heterocycles. The Morgan fingerprint density at radius 3 is 1.50 bits per heavy atom. The molecule has 0 fully saturated rings. The summed E-state index contributed by atoms with van der Waals surface area (Å²) in [5.74, 6) is 0.667. The van der Waals surface area contributed by atoms with E-state index in [1.165, 1.54) is 5.56 Å². The lowest BCUT2D eigenvalue weighted by Crippen LogP contribution is -1.93. The van der Waals surface area contributed by atoms with Crippen LogP contribution >= 0.6 is 41.4 Å². The van der Waals surface area contributed by atoms with E-state index in [4.69, 9.17) is 0 Å². The third-order valence-electron chi connectivity index (χ3n) is 2.58. The minimum atomic E-state index is 0.667. The van der Waals surface area contributed by atoms with Gasteiger partial charge in [0.1, 0.15) is 0 Å². The molecule has 0 spiro atoms. The van der Waals surface area contributed by atoms with Crippen molar-refractivity contribution in [3.05, 3.63) is 11.1 Å². The second-order valence-electron chi connectivity index (χ2n) is 3.84. The normalized spacial score (nSPS) is 12.6. The van der Waals surface area contributed by atoms with Gasteiger partial charge in [-0.25, -0.2) is 0 Å². The van der Waals surface area contributed by atoms with Gasteiger partial charge in [-0.15, -0.1) is 0 Å². The molecule has 4 heteroatoms. The molecule has 3 aromatic rings. The highest BCUT2D eigenvalue weighted by Crippen LogP contribution is 2.50. The van der Waals surface area contributed by atoms with Crippen molar-refractivity contribution in [1.29, 1.82) is 0 Å². The Morgan fingerprint density at radius 2 is 1.21 bits per heavy atom. The molecule has 0 N–H and O–H groups in total. The monoisotopic (exact) mass is 258 g/mol. The van der Waals surface area contributed by atoms with Gasteiger partial charge in [-0.05, 0) is 24.0 Å². The van der Waals surface area contributed by atoms with Crippen LogP contribution in [0.15, 0.2) is 0 Å². The quantitative estimate of drug-likeness (QED) is 0.493. The Kier molecular flexibility index (Phi) is 2.03. The van der Waals surface area contributed by atoms with Gasteiger partial charge in [0.15, 0.2) is 0 Å². The molecule has 0 bridgehead atoms. The number of benzene rings is 1. The standard InChI is InChI=1S/C10H10S4/c1-4(2)6-9-7(11-13-9)5(3)8-10(6)14-12-8/h4H,1-3H3. The maximum atomic E-state index is 2.30. The smallest absolute Gasteiger partial charge is 0.0610 e. The molecule has 1 aromatic carbocycles. The van der Waals surface area contributed by atoms with Crippen molar-refractivity contribution >= 4 is 60.2 Å². The first-order chi connectivity index (χ1) is 6.70. The van der Waals surface area contributed by atoms with E-state index >= 15 is 0 Å². The molecule has 0 aliphatic heterocycles. The highest BCUT2D eigenvalue weighted by atomic mass is 32.9. The molecule has 0 aliphatic carbocycles. The van der Waals surface area contributed by atoms with Gasteiger partial charge in [0.25, 0.3) is 0 Å². The van der Waals surface area contributed by atoms with E-state index < -0.39 is 0 Å². The Balaban J connectivity index is 2.49. The van der Waals surface area contributed by atoms with Crippen LogP contribution in [0.25, 0.3) is 18.8 Å². The Bertz CT molecular complexity index is 541. The van der Waals surface area contributed by atoms with E-state index in [2.05, 4.69) is 20.8 Å². The lowest BCUT2D eigenvalue weighted by atomic mass is 10.0. The number of rotatable bonds is 1. The van der Waals surface area contributed by atoms with Crippen LogP contribution in [0.4, 0.5) is 0 Å². The molecule has 0 aliphatic rings. The van der Waals surface area contributed by atoms with Crippen molar-refractivity contribution in [2.24, 2.45) is 0 Å². The fraction of sp³-hybridized carbons (Fsp3) is 0.400. The number of aryl methyl sites for hydroxylation is 1. The number of hydrogen-bond donors (Lipinski definition) is 0. The average molecular weight is 258 g/mol. The van der Waals surface area contributed by atoms with Gasteiger partial charge >= 0.3 is 0 Å². The van der Waals surface area contributed by atoms with E-state index in [1.54, 1.807) is 24.4 Å². The summed E-state index contributed by atoms with van der Waals surface area (Å²) in [4.78, 5) is 0. The molecule has 0 saturated heterocycles. The summed E-state index contributed by atoms with van der Waals surface area (Å²) < 4.78 is 6.22. The largest absolute Gasteiger partial charge is 0.0782 e. The molecule has 0 nitrogen and oxygen atoms in total. The fourth-order valence-electron chi connectivity index (χ4n) is 1.78. The average Bonchev–Trinajstić information content (AvgIpc) is 1.96. The van der Waals surface area contributed by atoms with Gasteiger partial charge in [-0.3, -0.25) is 0 Å². The third-order valence-corrected chi connectivity index (χ3v) is 8.04. The van der Waals surface area contributed by atoms with Gasteiger partial charge in [0, 0.05) is 0 Å². The number of hydrogen-bond acceptors (Lipinski definition) is 4. The van der Waals surface area contributed by atoms with Crippen LogP contribution in [0.2, 0.25) is 0 Å². The minimum absolute atomic E-state index is 0.667. The fourth-order valence-corrected chi connectivity index (χ4v) is 7.03. The van der Waals surface area contributed by atoms with Crippen molar-refractivity contribution in [2.75, 3.05) is 0 Å². The van der Waals surface area contributed by atoms with Crippen molar-refractivity contribution in [3.8, 4) is 0 Å². The van der Waals surface area contributed by atoms with Crippen LogP contribution in [0, 0.1) is 6.92 Å². The summed E-state index contributed by atoms with van der Waals surface area (Å²) in [6.07, 6.45) is 0. The van der Waals surface area contributed by atoms with Gasteiger partial charge in [-0.2, -0.15) is 0 Å². The van der Waals surface area contributed by atoms with Crippen LogP contribution in [-0.2, 0) is 0 Å². The predicted octanol–water partition coefficient (Wildman–Crippen LogP) is 5.67. The first kappa shape index (κ1) is 9.33. The molecule has 0 saturated carbocycles. The molecule has 0 radical (unpaired) electrons. The minimum Gasteiger partial charge on any atom is -0.0782 e. The van der Waals surface area contributed by atoms with Crippen LogP contribution in [0.5, 0.6) is 0 Å². The Labute approximate surface area is 97.6 Å². The van der Waals surface area contributed by atoms with E-state index in [0.717, 1.165) is 0 Å².